The van der Waals surface area contributed by atoms with E-state index in [2.05, 4.69) is 20.6 Å². The molecule has 0 fully saturated rings. The van der Waals surface area contributed by atoms with Gasteiger partial charge in [-0.15, -0.1) is 0 Å². The first-order chi connectivity index (χ1) is 12.2. The van der Waals surface area contributed by atoms with Gasteiger partial charge in [-0.2, -0.15) is 0 Å². The highest BCUT2D eigenvalue weighted by molar-refractivity contribution is 5.73. The van der Waals surface area contributed by atoms with Crippen LogP contribution in [0.2, 0.25) is 0 Å². The van der Waals surface area contributed by atoms with Crippen molar-refractivity contribution in [1.29, 1.82) is 0 Å². The number of anilines is 1. The number of urea groups is 1. The Bertz CT molecular complexity index is 698. The van der Waals surface area contributed by atoms with Crippen molar-refractivity contribution in [2.75, 3.05) is 38.6 Å². The minimum Gasteiger partial charge on any atom is -0.486 e. The van der Waals surface area contributed by atoms with Crippen LogP contribution in [0.5, 0.6) is 11.5 Å². The zero-order valence-corrected chi connectivity index (χ0v) is 14.0. The van der Waals surface area contributed by atoms with E-state index in [9.17, 15) is 4.79 Å². The third-order valence-corrected chi connectivity index (χ3v) is 3.64. The third kappa shape index (κ3) is 4.72. The molecule has 2 aromatic rings. The number of hydrogen-bond acceptors (Lipinski definition) is 6. The standard InChI is InChI=1S/C17H21N5O3/c1-22(11-13-12-24-14-5-2-3-6-15(14)25-13)17(23)21-10-9-20-16-18-7-4-8-19-16/h2-8,13H,9-12H2,1H3,(H,21,23)(H,18,19,20). The third-order valence-electron chi connectivity index (χ3n) is 3.64. The number of benzene rings is 1. The van der Waals surface area contributed by atoms with Gasteiger partial charge in [0, 0.05) is 32.5 Å². The summed E-state index contributed by atoms with van der Waals surface area (Å²) < 4.78 is 11.5. The van der Waals surface area contributed by atoms with Gasteiger partial charge in [0.25, 0.3) is 0 Å². The fraction of sp³-hybridized carbons (Fsp3) is 0.353. The Balaban J connectivity index is 1.38. The SMILES string of the molecule is CN(CC1COc2ccccc2O1)C(=O)NCCNc1ncccn1. The summed E-state index contributed by atoms with van der Waals surface area (Å²) in [5, 5.41) is 5.87. The molecule has 1 aliphatic rings. The highest BCUT2D eigenvalue weighted by Gasteiger charge is 2.23. The summed E-state index contributed by atoms with van der Waals surface area (Å²) in [5.41, 5.74) is 0. The number of rotatable bonds is 6. The van der Waals surface area contributed by atoms with Crippen molar-refractivity contribution < 1.29 is 14.3 Å². The molecule has 3 rings (SSSR count). The van der Waals surface area contributed by atoms with Gasteiger partial charge in [0.2, 0.25) is 5.95 Å². The lowest BCUT2D eigenvalue weighted by Crippen LogP contribution is -2.46. The first-order valence-electron chi connectivity index (χ1n) is 8.11. The molecular weight excluding hydrogens is 322 g/mol. The number of carbonyl (C=O) groups is 1. The minimum absolute atomic E-state index is 0.168. The lowest BCUT2D eigenvalue weighted by Gasteiger charge is -2.29. The Morgan fingerprint density at radius 2 is 1.96 bits per heavy atom. The molecular formula is C17H21N5O3. The number of aromatic nitrogens is 2. The van der Waals surface area contributed by atoms with Gasteiger partial charge in [-0.3, -0.25) is 0 Å². The Morgan fingerprint density at radius 1 is 1.20 bits per heavy atom. The normalized spacial score (nSPS) is 15.3. The molecule has 8 nitrogen and oxygen atoms in total. The largest absolute Gasteiger partial charge is 0.486 e. The van der Waals surface area contributed by atoms with Gasteiger partial charge in [-0.05, 0) is 18.2 Å². The van der Waals surface area contributed by atoms with Crippen molar-refractivity contribution in [3.63, 3.8) is 0 Å². The van der Waals surface area contributed by atoms with Crippen LogP contribution in [0.4, 0.5) is 10.7 Å². The van der Waals surface area contributed by atoms with Crippen LogP contribution in [0.15, 0.2) is 42.7 Å². The molecule has 132 valence electrons. The number of carbonyl (C=O) groups excluding carboxylic acids is 1. The molecule has 1 aromatic heterocycles. The number of amides is 2. The lowest BCUT2D eigenvalue weighted by atomic mass is 10.2. The van der Waals surface area contributed by atoms with Crippen LogP contribution in [0.1, 0.15) is 0 Å². The summed E-state index contributed by atoms with van der Waals surface area (Å²) in [7, 11) is 1.73. The Labute approximate surface area is 146 Å². The molecule has 25 heavy (non-hydrogen) atoms. The van der Waals surface area contributed by atoms with Gasteiger partial charge in [-0.25, -0.2) is 14.8 Å². The number of ether oxygens (including phenoxy) is 2. The molecule has 0 saturated carbocycles. The smallest absolute Gasteiger partial charge is 0.317 e. The van der Waals surface area contributed by atoms with E-state index in [1.807, 2.05) is 24.3 Å². The summed E-state index contributed by atoms with van der Waals surface area (Å²) >= 11 is 0. The highest BCUT2D eigenvalue weighted by atomic mass is 16.6. The second-order valence-electron chi connectivity index (χ2n) is 5.61. The van der Waals surface area contributed by atoms with Crippen LogP contribution in [-0.2, 0) is 0 Å². The molecule has 1 aromatic carbocycles. The molecule has 2 N–H and O–H groups in total. The van der Waals surface area contributed by atoms with Gasteiger partial charge >= 0.3 is 6.03 Å². The molecule has 2 heterocycles. The quantitative estimate of drug-likeness (QED) is 0.770. The first-order valence-corrected chi connectivity index (χ1v) is 8.11. The molecule has 0 aliphatic carbocycles. The van der Waals surface area contributed by atoms with E-state index in [1.165, 1.54) is 0 Å². The predicted molar refractivity (Wildman–Crippen MR) is 92.9 cm³/mol. The number of nitrogens with one attached hydrogen (secondary N) is 2. The van der Waals surface area contributed by atoms with Gasteiger partial charge in [0.05, 0.1) is 6.54 Å². The Hall–Kier alpha value is -3.03. The van der Waals surface area contributed by atoms with Crippen LogP contribution in [0.25, 0.3) is 0 Å². The van der Waals surface area contributed by atoms with Gasteiger partial charge < -0.3 is 25.0 Å². The second kappa shape index (κ2) is 8.18. The van der Waals surface area contributed by atoms with Crippen molar-refractivity contribution in [1.82, 2.24) is 20.2 Å². The molecule has 8 heteroatoms. The molecule has 1 unspecified atom stereocenters. The fourth-order valence-electron chi connectivity index (χ4n) is 2.41. The molecule has 1 aliphatic heterocycles. The molecule has 2 amide bonds. The fourth-order valence-corrected chi connectivity index (χ4v) is 2.41. The average molecular weight is 343 g/mol. The van der Waals surface area contributed by atoms with Crippen LogP contribution in [0.3, 0.4) is 0 Å². The van der Waals surface area contributed by atoms with Crippen molar-refractivity contribution in [3.05, 3.63) is 42.7 Å². The maximum Gasteiger partial charge on any atom is 0.317 e. The van der Waals surface area contributed by atoms with E-state index in [1.54, 1.807) is 30.4 Å². The summed E-state index contributed by atoms with van der Waals surface area (Å²) in [6, 6.07) is 9.10. The number of fused-ring (bicyclic) bond motifs is 1. The first kappa shape index (κ1) is 16.8. The zero-order valence-electron chi connectivity index (χ0n) is 14.0. The number of hydrogen-bond donors (Lipinski definition) is 2. The van der Waals surface area contributed by atoms with Crippen LogP contribution in [0, 0.1) is 0 Å². The van der Waals surface area contributed by atoms with Crippen molar-refractivity contribution in [2.45, 2.75) is 6.10 Å². The van der Waals surface area contributed by atoms with Gasteiger partial charge in [0.15, 0.2) is 17.6 Å². The van der Waals surface area contributed by atoms with Crippen LogP contribution in [-0.4, -0.2) is 60.3 Å². The topological polar surface area (TPSA) is 88.6 Å². The molecule has 0 bridgehead atoms. The molecule has 0 saturated heterocycles. The Morgan fingerprint density at radius 3 is 2.76 bits per heavy atom. The number of likely N-dealkylation sites (N-methyl/N-ethyl adjacent to an activating group) is 1. The molecule has 0 spiro atoms. The van der Waals surface area contributed by atoms with E-state index in [0.29, 0.717) is 37.9 Å². The monoisotopic (exact) mass is 343 g/mol. The van der Waals surface area contributed by atoms with Gasteiger partial charge in [0.1, 0.15) is 6.61 Å². The van der Waals surface area contributed by atoms with E-state index in [4.69, 9.17) is 9.47 Å². The summed E-state index contributed by atoms with van der Waals surface area (Å²) in [6.45, 7) is 1.86. The zero-order chi connectivity index (χ0) is 17.5. The van der Waals surface area contributed by atoms with Crippen molar-refractivity contribution >= 4 is 12.0 Å². The van der Waals surface area contributed by atoms with Gasteiger partial charge in [-0.1, -0.05) is 12.1 Å². The van der Waals surface area contributed by atoms with Crippen LogP contribution < -0.4 is 20.1 Å². The maximum atomic E-state index is 12.1. The van der Waals surface area contributed by atoms with Crippen molar-refractivity contribution in [2.24, 2.45) is 0 Å². The number of nitrogens with zero attached hydrogens (tertiary/aromatic N) is 3. The molecule has 0 radical (unpaired) electrons. The summed E-state index contributed by atoms with van der Waals surface area (Å²) in [6.07, 6.45) is 3.12. The highest BCUT2D eigenvalue weighted by Crippen LogP contribution is 2.30. The molecule has 1 atom stereocenters. The van der Waals surface area contributed by atoms with E-state index < -0.39 is 0 Å². The van der Waals surface area contributed by atoms with Crippen LogP contribution >= 0.6 is 0 Å². The average Bonchev–Trinajstić information content (AvgIpc) is 2.65. The predicted octanol–water partition coefficient (Wildman–Crippen LogP) is 1.37. The Kier molecular flexibility index (Phi) is 5.50. The van der Waals surface area contributed by atoms with Crippen molar-refractivity contribution in [3.8, 4) is 11.5 Å². The summed E-state index contributed by atoms with van der Waals surface area (Å²) in [4.78, 5) is 21.8. The minimum atomic E-state index is -0.193. The van der Waals surface area contributed by atoms with E-state index in [-0.39, 0.29) is 12.1 Å². The van der Waals surface area contributed by atoms with E-state index >= 15 is 0 Å². The second-order valence-corrected chi connectivity index (χ2v) is 5.61. The summed E-state index contributed by atoms with van der Waals surface area (Å²) in [5.74, 6) is 1.98. The number of para-hydroxylation sites is 2. The van der Waals surface area contributed by atoms with E-state index in [0.717, 1.165) is 5.75 Å². The maximum absolute atomic E-state index is 12.1. The lowest BCUT2D eigenvalue weighted by molar-refractivity contribution is 0.0716.